The van der Waals surface area contributed by atoms with E-state index in [2.05, 4.69) is 99.0 Å². The molecular weight excluding hydrogens is 1000 g/mol. The van der Waals surface area contributed by atoms with E-state index in [1.807, 2.05) is 6.08 Å². The first kappa shape index (κ1) is 74.9. The number of rotatable bonds is 55. The number of hydrogen-bond acceptors (Lipinski definition) is 10. The molecule has 0 aliphatic carbocycles. The van der Waals surface area contributed by atoms with Crippen molar-refractivity contribution in [3.05, 3.63) is 85.1 Å². The van der Waals surface area contributed by atoms with Crippen LogP contribution in [-0.2, 0) is 23.8 Å². The number of ether oxygens (including phenoxy) is 3. The van der Waals surface area contributed by atoms with Crippen LogP contribution in [0.3, 0.4) is 0 Å². The molecule has 0 spiro atoms. The molecule has 0 aromatic carbocycles. The standard InChI is InChI=1S/C69H121NO10/c1-4-7-10-13-16-19-22-24-26-27-28-29-30-31-32-33-34-35-36-37-38-41-44-47-50-53-56-62(73)68(77)70-60(61(72)55-52-49-46-43-40-21-18-15-12-9-6-3)59-78-69-67(66(76)65(75)63(58-71)79-69)80-64(74)57-54-51-48-45-42-39-25-23-20-17-14-11-8-5-2/h7,10,16,19,24,26,28-29,31-32,34-35,52,55,60-63,65-67,69,71-73,75-76H,4-6,8-9,11-15,17-18,20-23,25,27,30,33,36-51,53-54,56-59H2,1-3H3,(H,70,77)/b10-7-,19-16-,26-24-,29-28-,32-31-,35-34-,55-52+. The lowest BCUT2D eigenvalue weighted by molar-refractivity contribution is -0.305. The number of hydrogen-bond donors (Lipinski definition) is 6. The number of aliphatic hydroxyl groups is 5. The van der Waals surface area contributed by atoms with Gasteiger partial charge < -0.3 is 45.1 Å². The first-order valence-electron chi connectivity index (χ1n) is 32.9. The van der Waals surface area contributed by atoms with Gasteiger partial charge in [-0.1, -0.05) is 279 Å². The van der Waals surface area contributed by atoms with Crippen LogP contribution in [0.4, 0.5) is 0 Å². The minimum atomic E-state index is -1.62. The van der Waals surface area contributed by atoms with Gasteiger partial charge in [-0.05, 0) is 77.0 Å². The van der Waals surface area contributed by atoms with Crippen molar-refractivity contribution >= 4 is 11.9 Å². The fourth-order valence-corrected chi connectivity index (χ4v) is 9.89. The van der Waals surface area contributed by atoms with Gasteiger partial charge >= 0.3 is 5.97 Å². The Morgan fingerprint density at radius 3 is 1.35 bits per heavy atom. The van der Waals surface area contributed by atoms with Crippen molar-refractivity contribution in [2.45, 2.75) is 327 Å². The topological polar surface area (TPSA) is 175 Å². The van der Waals surface area contributed by atoms with Crippen molar-refractivity contribution in [1.82, 2.24) is 5.32 Å². The van der Waals surface area contributed by atoms with Crippen LogP contribution < -0.4 is 5.32 Å². The van der Waals surface area contributed by atoms with Crippen LogP contribution in [-0.4, -0.2) is 99.6 Å². The molecule has 1 rings (SSSR count). The van der Waals surface area contributed by atoms with E-state index >= 15 is 0 Å². The van der Waals surface area contributed by atoms with Crippen LogP contribution >= 0.6 is 0 Å². The zero-order valence-electron chi connectivity index (χ0n) is 51.2. The van der Waals surface area contributed by atoms with Crippen molar-refractivity contribution in [2.75, 3.05) is 13.2 Å². The lowest BCUT2D eigenvalue weighted by atomic mass is 9.99. The van der Waals surface area contributed by atoms with Gasteiger partial charge in [-0.25, -0.2) is 0 Å². The summed E-state index contributed by atoms with van der Waals surface area (Å²) in [5.41, 5.74) is 0. The van der Waals surface area contributed by atoms with E-state index < -0.39 is 67.4 Å². The fourth-order valence-electron chi connectivity index (χ4n) is 9.89. The van der Waals surface area contributed by atoms with Crippen molar-refractivity contribution in [2.24, 2.45) is 0 Å². The number of nitrogens with one attached hydrogen (secondary N) is 1. The van der Waals surface area contributed by atoms with Crippen LogP contribution in [0.1, 0.15) is 278 Å². The Morgan fingerprint density at radius 2 is 0.900 bits per heavy atom. The van der Waals surface area contributed by atoms with Gasteiger partial charge in [-0.15, -0.1) is 0 Å². The summed E-state index contributed by atoms with van der Waals surface area (Å²) in [5, 5.41) is 57.0. The number of allylic oxidation sites excluding steroid dienone is 13. The quantitative estimate of drug-likeness (QED) is 0.0195. The molecule has 8 atom stereocenters. The smallest absolute Gasteiger partial charge is 0.306 e. The molecule has 1 aliphatic rings. The maximum absolute atomic E-state index is 13.4. The van der Waals surface area contributed by atoms with Gasteiger partial charge in [0.2, 0.25) is 5.91 Å². The highest BCUT2D eigenvalue weighted by molar-refractivity contribution is 5.80. The van der Waals surface area contributed by atoms with Crippen LogP contribution in [0.15, 0.2) is 85.1 Å². The van der Waals surface area contributed by atoms with E-state index in [9.17, 15) is 35.1 Å². The van der Waals surface area contributed by atoms with Crippen LogP contribution in [0.5, 0.6) is 0 Å². The molecule has 1 aliphatic heterocycles. The summed E-state index contributed by atoms with van der Waals surface area (Å²) in [6.07, 6.45) is 63.4. The van der Waals surface area contributed by atoms with Gasteiger partial charge in [0.15, 0.2) is 12.4 Å². The Kier molecular flexibility index (Phi) is 52.7. The van der Waals surface area contributed by atoms with Gasteiger partial charge in [0.05, 0.1) is 25.4 Å². The molecule has 462 valence electrons. The summed E-state index contributed by atoms with van der Waals surface area (Å²) in [6, 6.07) is -1.03. The zero-order chi connectivity index (χ0) is 58.2. The number of carbonyl (C=O) groups excluding carboxylic acids is 2. The SMILES string of the molecule is CC/C=C\C/C=C\C/C=C\C/C=C\C/C=C\C/C=C\CCCCCCCCCC(O)C(=O)NC(COC1OC(CO)C(O)C(O)C1OC(=O)CCCCCCCCCCCCCCCC)C(O)/C=C/CCCCCCCCCCC. The lowest BCUT2D eigenvalue weighted by Crippen LogP contribution is -2.61. The highest BCUT2D eigenvalue weighted by Gasteiger charge is 2.47. The third-order valence-corrected chi connectivity index (χ3v) is 15.1. The van der Waals surface area contributed by atoms with Crippen molar-refractivity contribution in [1.29, 1.82) is 0 Å². The molecule has 1 amide bonds. The molecule has 1 saturated heterocycles. The molecular formula is C69H121NO10. The maximum Gasteiger partial charge on any atom is 0.306 e. The first-order valence-corrected chi connectivity index (χ1v) is 32.9. The second-order valence-electron chi connectivity index (χ2n) is 22.5. The summed E-state index contributed by atoms with van der Waals surface area (Å²) in [6.45, 7) is 5.67. The third kappa shape index (κ3) is 43.5. The number of carbonyl (C=O) groups is 2. The predicted molar refractivity (Wildman–Crippen MR) is 333 cm³/mol. The summed E-state index contributed by atoms with van der Waals surface area (Å²) >= 11 is 0. The van der Waals surface area contributed by atoms with E-state index in [1.165, 1.54) is 116 Å². The Balaban J connectivity index is 2.60. The zero-order valence-corrected chi connectivity index (χ0v) is 51.2. The second kappa shape index (κ2) is 56.3. The summed E-state index contributed by atoms with van der Waals surface area (Å²) in [5.74, 6) is -1.20. The molecule has 8 unspecified atom stereocenters. The molecule has 11 heteroatoms. The molecule has 0 bridgehead atoms. The van der Waals surface area contributed by atoms with E-state index in [0.29, 0.717) is 12.8 Å². The summed E-state index contributed by atoms with van der Waals surface area (Å²) < 4.78 is 17.6. The number of aliphatic hydroxyl groups excluding tert-OH is 5. The molecule has 1 heterocycles. The average Bonchev–Trinajstić information content (AvgIpc) is 3.46. The highest BCUT2D eigenvalue weighted by Crippen LogP contribution is 2.26. The Hall–Kier alpha value is -3.16. The third-order valence-electron chi connectivity index (χ3n) is 15.1. The Morgan fingerprint density at radius 1 is 0.500 bits per heavy atom. The van der Waals surface area contributed by atoms with Crippen LogP contribution in [0.2, 0.25) is 0 Å². The van der Waals surface area contributed by atoms with Gasteiger partial charge in [-0.2, -0.15) is 0 Å². The van der Waals surface area contributed by atoms with E-state index in [-0.39, 0.29) is 19.4 Å². The second-order valence-corrected chi connectivity index (χ2v) is 22.5. The largest absolute Gasteiger partial charge is 0.454 e. The average molecular weight is 1120 g/mol. The highest BCUT2D eigenvalue weighted by atomic mass is 16.7. The normalized spacial score (nSPS) is 19.3. The molecule has 80 heavy (non-hydrogen) atoms. The van der Waals surface area contributed by atoms with E-state index in [4.69, 9.17) is 14.2 Å². The van der Waals surface area contributed by atoms with Crippen molar-refractivity contribution in [3.8, 4) is 0 Å². The van der Waals surface area contributed by atoms with Gasteiger partial charge in [-0.3, -0.25) is 9.59 Å². The van der Waals surface area contributed by atoms with E-state index in [0.717, 1.165) is 116 Å². The van der Waals surface area contributed by atoms with Gasteiger partial charge in [0.25, 0.3) is 0 Å². The molecule has 11 nitrogen and oxygen atoms in total. The number of unbranched alkanes of at least 4 members (excludes halogenated alkanes) is 29. The molecule has 1 fully saturated rings. The Labute approximate surface area is 489 Å². The Bertz CT molecular complexity index is 1620. The number of esters is 1. The molecule has 0 aromatic rings. The molecule has 0 radical (unpaired) electrons. The summed E-state index contributed by atoms with van der Waals surface area (Å²) in [4.78, 5) is 26.6. The lowest BCUT2D eigenvalue weighted by Gasteiger charge is -2.41. The fraction of sp³-hybridized carbons (Fsp3) is 0.768. The van der Waals surface area contributed by atoms with Gasteiger partial charge in [0, 0.05) is 6.42 Å². The van der Waals surface area contributed by atoms with Crippen LogP contribution in [0, 0.1) is 0 Å². The van der Waals surface area contributed by atoms with Crippen molar-refractivity contribution in [3.63, 3.8) is 0 Å². The summed E-state index contributed by atoms with van der Waals surface area (Å²) in [7, 11) is 0. The molecule has 0 saturated carbocycles. The minimum Gasteiger partial charge on any atom is -0.454 e. The first-order chi connectivity index (χ1) is 39.2. The monoisotopic (exact) mass is 1120 g/mol. The molecule has 0 aromatic heterocycles. The molecule has 6 N–H and O–H groups in total. The predicted octanol–water partition coefficient (Wildman–Crippen LogP) is 16.1. The minimum absolute atomic E-state index is 0.123. The number of amides is 1. The van der Waals surface area contributed by atoms with E-state index in [1.54, 1.807) is 6.08 Å². The van der Waals surface area contributed by atoms with Crippen molar-refractivity contribution < 1.29 is 49.3 Å². The van der Waals surface area contributed by atoms with Crippen LogP contribution in [0.25, 0.3) is 0 Å². The van der Waals surface area contributed by atoms with Gasteiger partial charge in [0.1, 0.15) is 24.4 Å². The maximum atomic E-state index is 13.4.